The van der Waals surface area contributed by atoms with Gasteiger partial charge in [-0.3, -0.25) is 0 Å². The van der Waals surface area contributed by atoms with Gasteiger partial charge in [0.05, 0.1) is 20.0 Å². The van der Waals surface area contributed by atoms with Crippen LogP contribution < -0.4 is 23.2 Å². The van der Waals surface area contributed by atoms with Crippen molar-refractivity contribution in [2.75, 3.05) is 0 Å². The van der Waals surface area contributed by atoms with Crippen LogP contribution in [-0.2, 0) is 14.1 Å². The van der Waals surface area contributed by atoms with Crippen LogP contribution in [0.4, 0.5) is 0 Å². The molecule has 0 spiro atoms. The minimum absolute atomic E-state index is 0.553. The van der Waals surface area contributed by atoms with Crippen molar-refractivity contribution in [1.29, 1.82) is 0 Å². The summed E-state index contributed by atoms with van der Waals surface area (Å²) in [6.07, 6.45) is 0. The quantitative estimate of drug-likeness (QED) is 0.536. The van der Waals surface area contributed by atoms with Gasteiger partial charge >= 0.3 is 0 Å². The first-order chi connectivity index (χ1) is 8.63. The van der Waals surface area contributed by atoms with Crippen LogP contribution in [0.15, 0.2) is 24.3 Å². The van der Waals surface area contributed by atoms with E-state index < -0.39 is 10.2 Å². The third-order valence-electron chi connectivity index (χ3n) is 2.81. The zero-order valence-electron chi connectivity index (χ0n) is 11.3. The van der Waals surface area contributed by atoms with Crippen LogP contribution in [0, 0.1) is 10.2 Å². The molecule has 0 unspecified atom stereocenters. The summed E-state index contributed by atoms with van der Waals surface area (Å²) in [5, 5.41) is 0. The number of halogens is 1. The Morgan fingerprint density at radius 3 is 2.00 bits per heavy atom. The highest BCUT2D eigenvalue weighted by Gasteiger charge is 2.21. The lowest BCUT2D eigenvalue weighted by atomic mass is 10.2. The second kappa shape index (κ2) is 5.85. The van der Waals surface area contributed by atoms with Gasteiger partial charge in [-0.25, -0.2) is 27.8 Å². The molecule has 0 saturated heterocycles. The fraction of sp³-hybridized carbons (Fsp3) is 0.417. The van der Waals surface area contributed by atoms with Crippen LogP contribution in [0.25, 0.3) is 11.0 Å². The molecule has 19 heavy (non-hydrogen) atoms. The summed E-state index contributed by atoms with van der Waals surface area (Å²) in [6, 6.07) is 8.52. The summed E-state index contributed by atoms with van der Waals surface area (Å²) in [5.41, 5.74) is 2.61. The van der Waals surface area contributed by atoms with Crippen LogP contribution in [0.3, 0.4) is 0 Å². The molecule has 6 nitrogen and oxygen atoms in total. The number of hydrogen-bond donors (Lipinski definition) is 0. The zero-order chi connectivity index (χ0) is 14.8. The van der Waals surface area contributed by atoms with E-state index in [2.05, 4.69) is 61.3 Å². The summed E-state index contributed by atoms with van der Waals surface area (Å²) in [6.45, 7) is 4.46. The standard InChI is InChI=1S/C12H17N2.ClHO4/c1-9(2)12-13(3)10-7-5-6-8-11(10)14(12)4;2-1(3,4)5/h5-9H,1-4H3;(H,2,3,4,5)/q+1;/p-1. The lowest BCUT2D eigenvalue weighted by molar-refractivity contribution is -2.00. The third kappa shape index (κ3) is 4.15. The molecule has 7 heteroatoms. The van der Waals surface area contributed by atoms with Gasteiger partial charge in [-0.1, -0.05) is 26.0 Å². The number of aryl methyl sites for hydroxylation is 2. The first-order valence-corrected chi connectivity index (χ1v) is 6.91. The van der Waals surface area contributed by atoms with Gasteiger partial charge in [0, 0.05) is 0 Å². The Labute approximate surface area is 113 Å². The van der Waals surface area contributed by atoms with Crippen LogP contribution in [0.1, 0.15) is 25.6 Å². The maximum atomic E-state index is 8.49. The smallest absolute Gasteiger partial charge is 0.230 e. The van der Waals surface area contributed by atoms with Crippen LogP contribution >= 0.6 is 0 Å². The highest BCUT2D eigenvalue weighted by Crippen LogP contribution is 2.17. The number of imidazole rings is 1. The monoisotopic (exact) mass is 288 g/mol. The molecule has 1 aromatic heterocycles. The summed E-state index contributed by atoms with van der Waals surface area (Å²) in [4.78, 5) is 0. The molecule has 0 amide bonds. The first kappa shape index (κ1) is 15.9. The van der Waals surface area contributed by atoms with Gasteiger partial charge in [-0.15, -0.1) is 10.2 Å². The van der Waals surface area contributed by atoms with Crippen molar-refractivity contribution in [2.24, 2.45) is 14.1 Å². The summed E-state index contributed by atoms with van der Waals surface area (Å²) in [7, 11) is -0.671. The largest absolute Gasteiger partial charge is 0.259 e. The molecule has 0 atom stereocenters. The van der Waals surface area contributed by atoms with E-state index in [1.54, 1.807) is 0 Å². The third-order valence-corrected chi connectivity index (χ3v) is 2.81. The van der Waals surface area contributed by atoms with Gasteiger partial charge in [0.15, 0.2) is 11.0 Å². The molecule has 0 saturated carbocycles. The normalized spacial score (nSPS) is 11.6. The highest BCUT2D eigenvalue weighted by atomic mass is 35.7. The average molecular weight is 289 g/mol. The Morgan fingerprint density at radius 1 is 1.11 bits per heavy atom. The maximum Gasteiger partial charge on any atom is 0.259 e. The number of nitrogens with zero attached hydrogens (tertiary/aromatic N) is 2. The second-order valence-corrected chi connectivity index (χ2v) is 5.25. The van der Waals surface area contributed by atoms with Crippen molar-refractivity contribution in [1.82, 2.24) is 4.57 Å². The molecule has 1 aromatic carbocycles. The molecule has 0 bridgehead atoms. The molecular formula is C12H17ClN2O4. The SMILES string of the molecule is CC(C)c1n(C)c2ccccc2[n+]1C.[O-][Cl+3]([O-])([O-])[O-]. The number of rotatable bonds is 1. The molecule has 2 rings (SSSR count). The van der Waals surface area contributed by atoms with Gasteiger partial charge < -0.3 is 0 Å². The maximum absolute atomic E-state index is 8.49. The minimum atomic E-state index is -4.94. The van der Waals surface area contributed by atoms with Crippen LogP contribution in [0.2, 0.25) is 0 Å². The number of hydrogen-bond acceptors (Lipinski definition) is 4. The van der Waals surface area contributed by atoms with E-state index in [1.807, 2.05) is 0 Å². The number of para-hydroxylation sites is 2. The van der Waals surface area contributed by atoms with Gasteiger partial charge in [0.25, 0.3) is 5.82 Å². The topological polar surface area (TPSA) is 101 Å². The molecule has 0 aliphatic heterocycles. The Morgan fingerprint density at radius 2 is 1.58 bits per heavy atom. The molecule has 1 heterocycles. The van der Waals surface area contributed by atoms with E-state index in [9.17, 15) is 0 Å². The lowest BCUT2D eigenvalue weighted by Gasteiger charge is -2.17. The predicted octanol–water partition coefficient (Wildman–Crippen LogP) is -2.63. The van der Waals surface area contributed by atoms with Crippen molar-refractivity contribution in [3.05, 3.63) is 30.1 Å². The molecular weight excluding hydrogens is 272 g/mol. The summed E-state index contributed by atoms with van der Waals surface area (Å²) < 4.78 is 38.5. The summed E-state index contributed by atoms with van der Waals surface area (Å²) in [5.74, 6) is 1.92. The van der Waals surface area contributed by atoms with E-state index in [-0.39, 0.29) is 0 Å². The van der Waals surface area contributed by atoms with Gasteiger partial charge in [0.2, 0.25) is 0 Å². The van der Waals surface area contributed by atoms with Gasteiger partial charge in [-0.05, 0) is 12.1 Å². The molecule has 0 fully saturated rings. The van der Waals surface area contributed by atoms with Gasteiger partial charge in [0.1, 0.15) is 0 Å². The van der Waals surface area contributed by atoms with Gasteiger partial charge in [-0.2, -0.15) is 0 Å². The Balaban J connectivity index is 0.000000312. The highest BCUT2D eigenvalue weighted by molar-refractivity contribution is 5.72. The zero-order valence-corrected chi connectivity index (χ0v) is 12.0. The molecule has 0 aliphatic rings. The number of aromatic nitrogens is 2. The van der Waals surface area contributed by atoms with Crippen molar-refractivity contribution >= 4 is 11.0 Å². The predicted molar refractivity (Wildman–Crippen MR) is 58.2 cm³/mol. The molecule has 0 radical (unpaired) electrons. The Hall–Kier alpha value is -1.18. The van der Waals surface area contributed by atoms with Crippen molar-refractivity contribution < 1.29 is 33.4 Å². The van der Waals surface area contributed by atoms with Crippen molar-refractivity contribution in [3.8, 4) is 0 Å². The molecule has 2 aromatic rings. The number of fused-ring (bicyclic) bond motifs is 1. The van der Waals surface area contributed by atoms with E-state index in [0.717, 1.165) is 0 Å². The minimum Gasteiger partial charge on any atom is -0.230 e. The van der Waals surface area contributed by atoms with Crippen LogP contribution in [0.5, 0.6) is 0 Å². The van der Waals surface area contributed by atoms with E-state index in [1.165, 1.54) is 16.9 Å². The fourth-order valence-electron chi connectivity index (χ4n) is 2.28. The first-order valence-electron chi connectivity index (χ1n) is 5.68. The second-order valence-electron chi connectivity index (χ2n) is 4.50. The fourth-order valence-corrected chi connectivity index (χ4v) is 2.28. The van der Waals surface area contributed by atoms with E-state index in [4.69, 9.17) is 18.6 Å². The molecule has 0 aliphatic carbocycles. The summed E-state index contributed by atoms with van der Waals surface area (Å²) >= 11 is 0. The Bertz CT molecular complexity index is 516. The molecule has 106 valence electrons. The van der Waals surface area contributed by atoms with Crippen LogP contribution in [-0.4, -0.2) is 4.57 Å². The van der Waals surface area contributed by atoms with Crippen molar-refractivity contribution in [3.63, 3.8) is 0 Å². The molecule has 0 N–H and O–H groups in total. The van der Waals surface area contributed by atoms with E-state index >= 15 is 0 Å². The lowest BCUT2D eigenvalue weighted by Crippen LogP contribution is -2.68. The Kier molecular flexibility index (Phi) is 4.89. The van der Waals surface area contributed by atoms with E-state index in [0.29, 0.717) is 5.92 Å². The number of benzene rings is 1. The van der Waals surface area contributed by atoms with Crippen molar-refractivity contribution in [2.45, 2.75) is 19.8 Å². The average Bonchev–Trinajstić information content (AvgIpc) is 2.50.